The average Bonchev–Trinajstić information content (AvgIpc) is 3.21. The fourth-order valence-electron chi connectivity index (χ4n) is 2.81. The summed E-state index contributed by atoms with van der Waals surface area (Å²) in [7, 11) is 1.60. The van der Waals surface area contributed by atoms with Gasteiger partial charge in [0.25, 0.3) is 5.91 Å². The summed E-state index contributed by atoms with van der Waals surface area (Å²) >= 11 is 0. The lowest BCUT2D eigenvalue weighted by molar-refractivity contribution is -0.138. The van der Waals surface area contributed by atoms with Crippen LogP contribution in [0, 0.1) is 6.92 Å². The minimum atomic E-state index is -0.650. The molecule has 0 saturated heterocycles. The molecule has 2 aromatic carbocycles. The molecule has 0 unspecified atom stereocenters. The lowest BCUT2D eigenvalue weighted by Crippen LogP contribution is -2.40. The van der Waals surface area contributed by atoms with Crippen molar-refractivity contribution in [2.75, 3.05) is 13.7 Å². The quantitative estimate of drug-likeness (QED) is 0.576. The molecule has 7 nitrogen and oxygen atoms in total. The Bertz CT molecular complexity index is 935. The van der Waals surface area contributed by atoms with E-state index >= 15 is 0 Å². The summed E-state index contributed by atoms with van der Waals surface area (Å²) in [5, 5.41) is 4.02. The fourth-order valence-corrected chi connectivity index (χ4v) is 2.81. The summed E-state index contributed by atoms with van der Waals surface area (Å²) < 4.78 is 16.2. The van der Waals surface area contributed by atoms with E-state index in [1.807, 2.05) is 38.1 Å². The molecule has 0 spiro atoms. The number of aromatic nitrogens is 2. The molecule has 1 atom stereocenters. The highest BCUT2D eigenvalue weighted by atomic mass is 16.5. The highest BCUT2D eigenvalue weighted by Crippen LogP contribution is 2.20. The Balaban J connectivity index is 1.64. The molecule has 1 aromatic heterocycles. The van der Waals surface area contributed by atoms with Gasteiger partial charge in [0.1, 0.15) is 18.0 Å². The number of likely N-dealkylation sites (N-methyl/N-ethyl adjacent to an activating group) is 1. The molecule has 0 bridgehead atoms. The number of hydrogen-bond donors (Lipinski definition) is 0. The molecule has 1 amide bonds. The number of carbonyl (C=O) groups excluding carboxylic acids is 1. The van der Waals surface area contributed by atoms with Crippen molar-refractivity contribution in [2.45, 2.75) is 33.4 Å². The van der Waals surface area contributed by atoms with E-state index < -0.39 is 6.10 Å². The van der Waals surface area contributed by atoms with Crippen molar-refractivity contribution in [3.8, 4) is 22.9 Å². The third-order valence-corrected chi connectivity index (χ3v) is 4.52. The molecule has 3 rings (SSSR count). The van der Waals surface area contributed by atoms with E-state index in [2.05, 4.69) is 10.1 Å². The van der Waals surface area contributed by atoms with Crippen LogP contribution in [0.5, 0.6) is 11.5 Å². The third kappa shape index (κ3) is 5.13. The van der Waals surface area contributed by atoms with Crippen molar-refractivity contribution in [3.05, 3.63) is 60.0 Å². The molecule has 7 heteroatoms. The summed E-state index contributed by atoms with van der Waals surface area (Å²) in [5.74, 6) is 2.06. The molecule has 152 valence electrons. The zero-order valence-electron chi connectivity index (χ0n) is 17.1. The molecule has 0 radical (unpaired) electrons. The Morgan fingerprint density at radius 1 is 1.10 bits per heavy atom. The Morgan fingerprint density at radius 3 is 2.38 bits per heavy atom. The number of rotatable bonds is 8. The van der Waals surface area contributed by atoms with Crippen LogP contribution >= 0.6 is 0 Å². The van der Waals surface area contributed by atoms with Crippen LogP contribution in [-0.2, 0) is 11.3 Å². The van der Waals surface area contributed by atoms with E-state index in [0.717, 1.165) is 16.9 Å². The van der Waals surface area contributed by atoms with E-state index in [4.69, 9.17) is 14.0 Å². The summed E-state index contributed by atoms with van der Waals surface area (Å²) in [4.78, 5) is 18.8. The number of carbonyl (C=O) groups is 1. The van der Waals surface area contributed by atoms with Crippen LogP contribution < -0.4 is 9.47 Å². The largest absolute Gasteiger partial charge is 0.497 e. The maximum atomic E-state index is 12.8. The maximum absolute atomic E-state index is 12.8. The first-order chi connectivity index (χ1) is 14.0. The van der Waals surface area contributed by atoms with Crippen molar-refractivity contribution in [2.24, 2.45) is 0 Å². The minimum Gasteiger partial charge on any atom is -0.497 e. The van der Waals surface area contributed by atoms with Gasteiger partial charge in [-0.3, -0.25) is 4.79 Å². The average molecular weight is 395 g/mol. The van der Waals surface area contributed by atoms with E-state index in [1.54, 1.807) is 43.2 Å². The molecular weight excluding hydrogens is 370 g/mol. The van der Waals surface area contributed by atoms with Gasteiger partial charge in [0.15, 0.2) is 6.10 Å². The van der Waals surface area contributed by atoms with Crippen LogP contribution in [-0.4, -0.2) is 40.7 Å². The molecule has 0 aliphatic heterocycles. The van der Waals surface area contributed by atoms with Crippen LogP contribution in [0.25, 0.3) is 11.4 Å². The number of aryl methyl sites for hydroxylation is 1. The second kappa shape index (κ2) is 9.23. The molecule has 0 N–H and O–H groups in total. The number of nitrogens with zero attached hydrogens (tertiary/aromatic N) is 3. The molecule has 0 aliphatic rings. The van der Waals surface area contributed by atoms with Crippen molar-refractivity contribution < 1.29 is 18.8 Å². The second-order valence-corrected chi connectivity index (χ2v) is 6.67. The van der Waals surface area contributed by atoms with Crippen molar-refractivity contribution in [1.29, 1.82) is 0 Å². The molecule has 1 heterocycles. The summed E-state index contributed by atoms with van der Waals surface area (Å²) in [5.41, 5.74) is 2.03. The van der Waals surface area contributed by atoms with Crippen LogP contribution in [0.2, 0.25) is 0 Å². The van der Waals surface area contributed by atoms with Crippen LogP contribution in [0.1, 0.15) is 25.3 Å². The Labute approximate surface area is 170 Å². The number of hydrogen-bond acceptors (Lipinski definition) is 6. The molecule has 0 saturated carbocycles. The predicted octanol–water partition coefficient (Wildman–Crippen LogP) is 3.87. The third-order valence-electron chi connectivity index (χ3n) is 4.52. The van der Waals surface area contributed by atoms with Crippen LogP contribution in [0.15, 0.2) is 53.1 Å². The molecular formula is C22H25N3O4. The lowest BCUT2D eigenvalue weighted by Gasteiger charge is -2.23. The monoisotopic (exact) mass is 395 g/mol. The van der Waals surface area contributed by atoms with Crippen LogP contribution in [0.4, 0.5) is 0 Å². The first-order valence-electron chi connectivity index (χ1n) is 9.49. The molecule has 3 aromatic rings. The van der Waals surface area contributed by atoms with Crippen molar-refractivity contribution in [1.82, 2.24) is 15.0 Å². The van der Waals surface area contributed by atoms with Gasteiger partial charge < -0.3 is 18.9 Å². The van der Waals surface area contributed by atoms with Crippen LogP contribution in [0.3, 0.4) is 0 Å². The van der Waals surface area contributed by atoms with Gasteiger partial charge >= 0.3 is 0 Å². The van der Waals surface area contributed by atoms with Gasteiger partial charge in [-0.05, 0) is 45.0 Å². The molecule has 0 aliphatic carbocycles. The first kappa shape index (κ1) is 20.4. The van der Waals surface area contributed by atoms with Crippen molar-refractivity contribution in [3.63, 3.8) is 0 Å². The summed E-state index contributed by atoms with van der Waals surface area (Å²) in [6, 6.07) is 15.0. The standard InChI is InChI=1S/C22H25N3O4/c1-5-25(22(26)16(3)28-19-12-10-18(27-4)11-13-19)14-20-23-21(24-29-20)17-8-6-15(2)7-9-17/h6-13,16H,5,14H2,1-4H3/t16-/m0/s1. The van der Waals surface area contributed by atoms with Gasteiger partial charge in [0.05, 0.1) is 7.11 Å². The highest BCUT2D eigenvalue weighted by Gasteiger charge is 2.23. The Morgan fingerprint density at radius 2 is 1.76 bits per heavy atom. The van der Waals surface area contributed by atoms with Gasteiger partial charge in [-0.1, -0.05) is 35.0 Å². The Kier molecular flexibility index (Phi) is 6.49. The fraction of sp³-hybridized carbons (Fsp3) is 0.318. The predicted molar refractivity (Wildman–Crippen MR) is 109 cm³/mol. The zero-order chi connectivity index (χ0) is 20.8. The van der Waals surface area contributed by atoms with Gasteiger partial charge in [-0.25, -0.2) is 0 Å². The van der Waals surface area contributed by atoms with E-state index in [1.165, 1.54) is 0 Å². The van der Waals surface area contributed by atoms with Gasteiger partial charge in [0, 0.05) is 12.1 Å². The SMILES string of the molecule is CCN(Cc1nc(-c2ccc(C)cc2)no1)C(=O)[C@H](C)Oc1ccc(OC)cc1. The molecule has 0 fully saturated rings. The molecule has 29 heavy (non-hydrogen) atoms. The number of methoxy groups -OCH3 is 1. The summed E-state index contributed by atoms with van der Waals surface area (Å²) in [6.07, 6.45) is -0.650. The smallest absolute Gasteiger partial charge is 0.263 e. The second-order valence-electron chi connectivity index (χ2n) is 6.67. The zero-order valence-corrected chi connectivity index (χ0v) is 17.1. The number of ether oxygens (including phenoxy) is 2. The number of benzene rings is 2. The van der Waals surface area contributed by atoms with E-state index in [0.29, 0.717) is 24.0 Å². The summed E-state index contributed by atoms with van der Waals surface area (Å²) in [6.45, 7) is 6.36. The number of amides is 1. The lowest BCUT2D eigenvalue weighted by atomic mass is 10.1. The topological polar surface area (TPSA) is 77.7 Å². The Hall–Kier alpha value is -3.35. The minimum absolute atomic E-state index is 0.154. The van der Waals surface area contributed by atoms with Gasteiger partial charge in [-0.15, -0.1) is 0 Å². The maximum Gasteiger partial charge on any atom is 0.263 e. The normalized spacial score (nSPS) is 11.7. The van der Waals surface area contributed by atoms with Gasteiger partial charge in [-0.2, -0.15) is 4.98 Å². The first-order valence-corrected chi connectivity index (χ1v) is 9.49. The highest BCUT2D eigenvalue weighted by molar-refractivity contribution is 5.80. The van der Waals surface area contributed by atoms with E-state index in [-0.39, 0.29) is 12.5 Å². The van der Waals surface area contributed by atoms with Crippen molar-refractivity contribution >= 4 is 5.91 Å². The van der Waals surface area contributed by atoms with E-state index in [9.17, 15) is 4.79 Å². The van der Waals surface area contributed by atoms with Gasteiger partial charge in [0.2, 0.25) is 11.7 Å².